The number of aryl methyl sites for hydroxylation is 2. The first-order chi connectivity index (χ1) is 17.3. The third-order valence-corrected chi connectivity index (χ3v) is 7.60. The van der Waals surface area contributed by atoms with Gasteiger partial charge in [-0.25, -0.2) is 0 Å². The van der Waals surface area contributed by atoms with Gasteiger partial charge in [0.1, 0.15) is 0 Å². The quantitative estimate of drug-likeness (QED) is 0.279. The summed E-state index contributed by atoms with van der Waals surface area (Å²) in [6, 6.07) is 14.0. The lowest BCUT2D eigenvalue weighted by atomic mass is 10.0. The predicted molar refractivity (Wildman–Crippen MR) is 138 cm³/mol. The Kier molecular flexibility index (Phi) is 8.43. The number of nitrogens with one attached hydrogen (secondary N) is 1. The Morgan fingerprint density at radius 2 is 1.24 bits per heavy atom. The Bertz CT molecular complexity index is 1240. The maximum absolute atomic E-state index is 12.9. The number of hydrogen-bond acceptors (Lipinski definition) is 2. The van der Waals surface area contributed by atoms with Crippen molar-refractivity contribution in [3.05, 3.63) is 102 Å². The van der Waals surface area contributed by atoms with Crippen LogP contribution in [0.2, 0.25) is 0 Å². The zero-order chi connectivity index (χ0) is 27.0. The van der Waals surface area contributed by atoms with E-state index >= 15 is 0 Å². The first-order valence-corrected chi connectivity index (χ1v) is 13.2. The van der Waals surface area contributed by atoms with Gasteiger partial charge in [-0.05, 0) is 96.0 Å². The monoisotopic (exact) mass is 648 g/mol. The van der Waals surface area contributed by atoms with E-state index in [-0.39, 0.29) is 30.3 Å². The minimum Gasteiger partial charge on any atom is -0.324 e. The largest absolute Gasteiger partial charge is 0.416 e. The van der Waals surface area contributed by atoms with Crippen LogP contribution >= 0.6 is 31.9 Å². The van der Waals surface area contributed by atoms with Crippen molar-refractivity contribution in [1.82, 2.24) is 5.32 Å². The normalized spacial score (nSPS) is 18.7. The lowest BCUT2D eigenvalue weighted by molar-refractivity contribution is -0.143. The molecule has 0 bridgehead atoms. The highest BCUT2D eigenvalue weighted by Gasteiger charge is 2.37. The van der Waals surface area contributed by atoms with Gasteiger partial charge < -0.3 is 11.1 Å². The van der Waals surface area contributed by atoms with Gasteiger partial charge in [-0.15, -0.1) is 0 Å². The summed E-state index contributed by atoms with van der Waals surface area (Å²) in [5.41, 5.74) is 8.14. The van der Waals surface area contributed by atoms with Crippen molar-refractivity contribution in [3.8, 4) is 0 Å². The molecule has 10 heteroatoms. The van der Waals surface area contributed by atoms with Gasteiger partial charge in [-0.3, -0.25) is 0 Å². The van der Waals surface area contributed by atoms with E-state index in [2.05, 4.69) is 55.4 Å². The summed E-state index contributed by atoms with van der Waals surface area (Å²) >= 11 is 6.82. The zero-order valence-electron chi connectivity index (χ0n) is 19.5. The van der Waals surface area contributed by atoms with E-state index in [9.17, 15) is 26.3 Å². The van der Waals surface area contributed by atoms with Gasteiger partial charge in [-0.2, -0.15) is 26.3 Å². The molecule has 0 radical (unpaired) electrons. The van der Waals surface area contributed by atoms with Crippen LogP contribution in [-0.2, 0) is 31.7 Å². The Morgan fingerprint density at radius 1 is 0.730 bits per heavy atom. The fourth-order valence-corrected chi connectivity index (χ4v) is 5.60. The Balaban J connectivity index is 0.000000241. The number of benzene rings is 3. The van der Waals surface area contributed by atoms with Gasteiger partial charge in [0.05, 0.1) is 11.1 Å². The molecule has 5 rings (SSSR count). The number of halogens is 8. The highest BCUT2D eigenvalue weighted by molar-refractivity contribution is 9.10. The van der Waals surface area contributed by atoms with Gasteiger partial charge in [-0.1, -0.05) is 44.0 Å². The van der Waals surface area contributed by atoms with Gasteiger partial charge in [0, 0.05) is 27.6 Å². The lowest BCUT2D eigenvalue weighted by Gasteiger charge is -2.17. The SMILES string of the molecule is FC(F)(F)c1cc(CNC2CCc3cc(Br)ccc32)cc(C(F)(F)F)c1.NC1CCc2cc(Br)ccc21. The summed E-state index contributed by atoms with van der Waals surface area (Å²) in [6.45, 7) is -0.0762. The molecule has 0 aromatic heterocycles. The molecule has 2 atom stereocenters. The van der Waals surface area contributed by atoms with Crippen LogP contribution < -0.4 is 11.1 Å². The summed E-state index contributed by atoms with van der Waals surface area (Å²) < 4.78 is 79.6. The second kappa shape index (κ2) is 11.1. The van der Waals surface area contributed by atoms with E-state index < -0.39 is 23.5 Å². The predicted octanol–water partition coefficient (Wildman–Crippen LogP) is 8.66. The molecule has 37 heavy (non-hydrogen) atoms. The Morgan fingerprint density at radius 3 is 1.81 bits per heavy atom. The van der Waals surface area contributed by atoms with E-state index in [1.54, 1.807) is 0 Å². The smallest absolute Gasteiger partial charge is 0.324 e. The van der Waals surface area contributed by atoms with Crippen LogP contribution in [0.25, 0.3) is 0 Å². The van der Waals surface area contributed by atoms with E-state index in [1.165, 1.54) is 11.1 Å². The third kappa shape index (κ3) is 6.96. The zero-order valence-corrected chi connectivity index (χ0v) is 22.7. The summed E-state index contributed by atoms with van der Waals surface area (Å²) in [5, 5.41) is 3.08. The van der Waals surface area contributed by atoms with Gasteiger partial charge in [0.15, 0.2) is 0 Å². The van der Waals surface area contributed by atoms with E-state index in [4.69, 9.17) is 5.73 Å². The van der Waals surface area contributed by atoms with Crippen LogP contribution in [-0.4, -0.2) is 0 Å². The van der Waals surface area contributed by atoms with E-state index in [1.807, 2.05) is 18.2 Å². The standard InChI is InChI=1S/C18H14BrF6N.C9H10BrN/c19-14-2-3-15-11(7-14)1-4-16(15)26-9-10-5-12(17(20,21)22)8-13(6-10)18(23,24)25;10-7-2-3-8-6(5-7)1-4-9(8)11/h2-3,5-8,16,26H,1,4,9H2;2-3,5,9H,1,4,11H2. The molecule has 198 valence electrons. The molecule has 0 aliphatic heterocycles. The molecule has 0 heterocycles. The van der Waals surface area contributed by atoms with Gasteiger partial charge >= 0.3 is 12.4 Å². The molecule has 0 saturated carbocycles. The number of hydrogen-bond donors (Lipinski definition) is 2. The molecule has 2 unspecified atom stereocenters. The molecule has 3 aromatic rings. The van der Waals surface area contributed by atoms with Crippen molar-refractivity contribution in [3.63, 3.8) is 0 Å². The summed E-state index contributed by atoms with van der Waals surface area (Å²) in [6.07, 6.45) is -5.87. The highest BCUT2D eigenvalue weighted by Crippen LogP contribution is 2.37. The molecule has 2 nitrogen and oxygen atoms in total. The number of nitrogens with two attached hydrogens (primary N) is 1. The molecule has 3 aromatic carbocycles. The van der Waals surface area contributed by atoms with Crippen molar-refractivity contribution in [2.24, 2.45) is 5.73 Å². The number of alkyl halides is 6. The average Bonchev–Trinajstić information content (AvgIpc) is 3.39. The molecule has 2 aliphatic rings. The number of fused-ring (bicyclic) bond motifs is 2. The van der Waals surface area contributed by atoms with Gasteiger partial charge in [0.25, 0.3) is 0 Å². The number of rotatable bonds is 3. The molecule has 0 saturated heterocycles. The van der Waals surface area contributed by atoms with Crippen LogP contribution in [0.15, 0.2) is 63.5 Å². The topological polar surface area (TPSA) is 38.0 Å². The maximum atomic E-state index is 12.9. The molecular weight excluding hydrogens is 626 g/mol. The van der Waals surface area contributed by atoms with Crippen molar-refractivity contribution < 1.29 is 26.3 Å². The van der Waals surface area contributed by atoms with Gasteiger partial charge in [0.2, 0.25) is 0 Å². The van der Waals surface area contributed by atoms with Crippen LogP contribution in [0.1, 0.15) is 63.9 Å². The minimum atomic E-state index is -4.83. The molecule has 3 N–H and O–H groups in total. The molecule has 0 spiro atoms. The molecular formula is C27H24Br2F6N2. The van der Waals surface area contributed by atoms with Crippen molar-refractivity contribution in [2.75, 3.05) is 0 Å². The summed E-state index contributed by atoms with van der Waals surface area (Å²) in [5.74, 6) is 0. The van der Waals surface area contributed by atoms with Crippen LogP contribution in [0.4, 0.5) is 26.3 Å². The molecule has 0 amide bonds. The van der Waals surface area contributed by atoms with Crippen molar-refractivity contribution >= 4 is 31.9 Å². The highest BCUT2D eigenvalue weighted by atomic mass is 79.9. The first-order valence-electron chi connectivity index (χ1n) is 11.7. The average molecular weight is 650 g/mol. The fraction of sp³-hybridized carbons (Fsp3) is 0.333. The molecule has 0 fully saturated rings. The van der Waals surface area contributed by atoms with Crippen molar-refractivity contribution in [2.45, 2.75) is 56.7 Å². The fourth-order valence-electron chi connectivity index (χ4n) is 4.78. The maximum Gasteiger partial charge on any atom is 0.416 e. The van der Waals surface area contributed by atoms with Crippen molar-refractivity contribution in [1.29, 1.82) is 0 Å². The van der Waals surface area contributed by atoms with E-state index in [0.29, 0.717) is 0 Å². The molecule has 2 aliphatic carbocycles. The summed E-state index contributed by atoms with van der Waals surface area (Å²) in [7, 11) is 0. The lowest BCUT2D eigenvalue weighted by Crippen LogP contribution is -2.20. The second-order valence-corrected chi connectivity index (χ2v) is 11.0. The van der Waals surface area contributed by atoms with Crippen LogP contribution in [0, 0.1) is 0 Å². The van der Waals surface area contributed by atoms with Crippen LogP contribution in [0.5, 0.6) is 0 Å². The Hall–Kier alpha value is -1.88. The van der Waals surface area contributed by atoms with Crippen LogP contribution in [0.3, 0.4) is 0 Å². The van der Waals surface area contributed by atoms with E-state index in [0.717, 1.165) is 57.9 Å². The summed E-state index contributed by atoms with van der Waals surface area (Å²) in [4.78, 5) is 0. The minimum absolute atomic E-state index is 0.0438. The second-order valence-electron chi connectivity index (χ2n) is 9.22. The Labute approximate surface area is 227 Å². The first kappa shape index (κ1) is 28.1. The third-order valence-electron chi connectivity index (χ3n) is 6.61.